The number of nitrogens with zero attached hydrogens (tertiary/aromatic N) is 2. The molecule has 2 aromatic heterocycles. The molecule has 2 rings (SSSR count). The zero-order valence-corrected chi connectivity index (χ0v) is 12.2. The Morgan fingerprint density at radius 2 is 2.19 bits per heavy atom. The molecule has 2 amide bonds. The molecular formula is C14H18N4O3. The molecule has 0 bridgehead atoms. The van der Waals surface area contributed by atoms with Crippen molar-refractivity contribution in [2.24, 2.45) is 0 Å². The lowest BCUT2D eigenvalue weighted by Crippen LogP contribution is -2.34. The molecule has 0 aromatic carbocycles. The van der Waals surface area contributed by atoms with Gasteiger partial charge in [0, 0.05) is 17.9 Å². The third kappa shape index (κ3) is 3.50. The number of aromatic nitrogens is 2. The smallest absolute Gasteiger partial charge is 0.341 e. The first-order valence-corrected chi connectivity index (χ1v) is 6.73. The van der Waals surface area contributed by atoms with Gasteiger partial charge in [0.15, 0.2) is 0 Å². The zero-order chi connectivity index (χ0) is 15.4. The van der Waals surface area contributed by atoms with Gasteiger partial charge in [-0.15, -0.1) is 0 Å². The molecule has 0 aliphatic rings. The van der Waals surface area contributed by atoms with Crippen LogP contribution >= 0.6 is 0 Å². The first-order valence-electron chi connectivity index (χ1n) is 6.73. The van der Waals surface area contributed by atoms with Gasteiger partial charge >= 0.3 is 12.0 Å². The number of rotatable bonds is 4. The average Bonchev–Trinajstić information content (AvgIpc) is 2.81. The summed E-state index contributed by atoms with van der Waals surface area (Å²) in [6.07, 6.45) is 3.12. The minimum Gasteiger partial charge on any atom is -0.462 e. The first-order chi connectivity index (χ1) is 10.0. The number of pyridine rings is 1. The standard InChI is InChI=1S/C14H18N4O3/c1-4-21-13(19)11-8-15-18-6-5-10(7-12(11)18)17-14(20)16-9(2)3/h5-9H,4H2,1-3H3,(H2,16,17,20). The fourth-order valence-electron chi connectivity index (χ4n) is 1.85. The van der Waals surface area contributed by atoms with Crippen LogP contribution in [0.4, 0.5) is 10.5 Å². The molecule has 0 atom stereocenters. The Labute approximate surface area is 122 Å². The molecule has 0 aliphatic heterocycles. The highest BCUT2D eigenvalue weighted by Crippen LogP contribution is 2.17. The number of amides is 2. The topological polar surface area (TPSA) is 84.7 Å². The van der Waals surface area contributed by atoms with Crippen molar-refractivity contribution in [2.45, 2.75) is 26.8 Å². The highest BCUT2D eigenvalue weighted by molar-refractivity contribution is 5.98. The monoisotopic (exact) mass is 290 g/mol. The lowest BCUT2D eigenvalue weighted by molar-refractivity contribution is 0.0528. The summed E-state index contributed by atoms with van der Waals surface area (Å²) < 4.78 is 6.53. The third-order valence-corrected chi connectivity index (χ3v) is 2.69. The molecule has 2 aromatic rings. The Morgan fingerprint density at radius 3 is 2.86 bits per heavy atom. The Bertz CT molecular complexity index is 663. The quantitative estimate of drug-likeness (QED) is 0.844. The van der Waals surface area contributed by atoms with E-state index in [1.165, 1.54) is 6.20 Å². The Hall–Kier alpha value is -2.57. The Kier molecular flexibility index (Phi) is 4.42. The van der Waals surface area contributed by atoms with E-state index in [-0.39, 0.29) is 12.1 Å². The van der Waals surface area contributed by atoms with Gasteiger partial charge in [0.2, 0.25) is 0 Å². The summed E-state index contributed by atoms with van der Waals surface area (Å²) in [5, 5.41) is 9.51. The Balaban J connectivity index is 2.25. The maximum absolute atomic E-state index is 11.8. The van der Waals surface area contributed by atoms with Gasteiger partial charge in [-0.25, -0.2) is 14.1 Å². The van der Waals surface area contributed by atoms with Crippen LogP contribution in [0, 0.1) is 0 Å². The van der Waals surface area contributed by atoms with E-state index in [9.17, 15) is 9.59 Å². The number of fused-ring (bicyclic) bond motifs is 1. The minimum absolute atomic E-state index is 0.0405. The van der Waals surface area contributed by atoms with Crippen LogP contribution in [0.25, 0.3) is 5.52 Å². The minimum atomic E-state index is -0.434. The van der Waals surface area contributed by atoms with E-state index in [1.54, 1.807) is 29.8 Å². The number of ether oxygens (including phenoxy) is 1. The normalized spacial score (nSPS) is 10.7. The van der Waals surface area contributed by atoms with E-state index in [1.807, 2.05) is 13.8 Å². The molecular weight excluding hydrogens is 272 g/mol. The molecule has 0 saturated heterocycles. The van der Waals surface area contributed by atoms with Gasteiger partial charge in [0.25, 0.3) is 0 Å². The fourth-order valence-corrected chi connectivity index (χ4v) is 1.85. The van der Waals surface area contributed by atoms with Crippen molar-refractivity contribution in [1.82, 2.24) is 14.9 Å². The van der Waals surface area contributed by atoms with Gasteiger partial charge in [-0.05, 0) is 32.9 Å². The van der Waals surface area contributed by atoms with Crippen LogP contribution in [0.2, 0.25) is 0 Å². The van der Waals surface area contributed by atoms with Gasteiger partial charge < -0.3 is 15.4 Å². The second-order valence-electron chi connectivity index (χ2n) is 4.78. The number of hydrogen-bond acceptors (Lipinski definition) is 4. The summed E-state index contributed by atoms with van der Waals surface area (Å²) in [5.74, 6) is -0.434. The van der Waals surface area contributed by atoms with Gasteiger partial charge in [0.1, 0.15) is 5.56 Å². The number of anilines is 1. The van der Waals surface area contributed by atoms with E-state index in [2.05, 4.69) is 15.7 Å². The number of carbonyl (C=O) groups excluding carboxylic acids is 2. The summed E-state index contributed by atoms with van der Waals surface area (Å²) in [6.45, 7) is 5.79. The first kappa shape index (κ1) is 14.8. The number of nitrogens with one attached hydrogen (secondary N) is 2. The van der Waals surface area contributed by atoms with Crippen LogP contribution in [-0.4, -0.2) is 34.3 Å². The average molecular weight is 290 g/mol. The van der Waals surface area contributed by atoms with Crippen LogP contribution < -0.4 is 10.6 Å². The van der Waals surface area contributed by atoms with E-state index in [4.69, 9.17) is 4.74 Å². The van der Waals surface area contributed by atoms with Crippen LogP contribution in [0.1, 0.15) is 31.1 Å². The highest BCUT2D eigenvalue weighted by Gasteiger charge is 2.14. The maximum Gasteiger partial charge on any atom is 0.341 e. The summed E-state index contributed by atoms with van der Waals surface area (Å²) in [4.78, 5) is 23.5. The summed E-state index contributed by atoms with van der Waals surface area (Å²) >= 11 is 0. The third-order valence-electron chi connectivity index (χ3n) is 2.69. The zero-order valence-electron chi connectivity index (χ0n) is 12.2. The second kappa shape index (κ2) is 6.25. The lowest BCUT2D eigenvalue weighted by Gasteiger charge is -2.10. The van der Waals surface area contributed by atoms with E-state index in [0.29, 0.717) is 23.4 Å². The van der Waals surface area contributed by atoms with Gasteiger partial charge in [-0.1, -0.05) is 0 Å². The Morgan fingerprint density at radius 1 is 1.43 bits per heavy atom. The van der Waals surface area contributed by atoms with Crippen molar-refractivity contribution in [3.8, 4) is 0 Å². The van der Waals surface area contributed by atoms with Crippen LogP contribution in [0.5, 0.6) is 0 Å². The molecule has 0 aliphatic carbocycles. The summed E-state index contributed by atoms with van der Waals surface area (Å²) in [6, 6.07) is 3.12. The summed E-state index contributed by atoms with van der Waals surface area (Å²) in [5.41, 5.74) is 1.52. The number of urea groups is 1. The van der Waals surface area contributed by atoms with Crippen molar-refractivity contribution in [1.29, 1.82) is 0 Å². The lowest BCUT2D eigenvalue weighted by atomic mass is 10.2. The molecule has 0 fully saturated rings. The highest BCUT2D eigenvalue weighted by atomic mass is 16.5. The molecule has 2 N–H and O–H groups in total. The van der Waals surface area contributed by atoms with Gasteiger partial charge in [0.05, 0.1) is 18.3 Å². The van der Waals surface area contributed by atoms with Crippen molar-refractivity contribution >= 4 is 23.2 Å². The van der Waals surface area contributed by atoms with Crippen molar-refractivity contribution < 1.29 is 14.3 Å². The van der Waals surface area contributed by atoms with Crippen molar-refractivity contribution in [3.63, 3.8) is 0 Å². The van der Waals surface area contributed by atoms with Crippen LogP contribution in [0.15, 0.2) is 24.5 Å². The number of hydrogen-bond donors (Lipinski definition) is 2. The number of esters is 1. The van der Waals surface area contributed by atoms with Crippen molar-refractivity contribution in [2.75, 3.05) is 11.9 Å². The molecule has 7 nitrogen and oxygen atoms in total. The molecule has 0 spiro atoms. The SMILES string of the molecule is CCOC(=O)c1cnn2ccc(NC(=O)NC(C)C)cc12. The number of carbonyl (C=O) groups is 2. The van der Waals surface area contributed by atoms with Crippen LogP contribution in [-0.2, 0) is 4.74 Å². The predicted octanol–water partition coefficient (Wildman–Crippen LogP) is 2.04. The molecule has 21 heavy (non-hydrogen) atoms. The van der Waals surface area contributed by atoms with Gasteiger partial charge in [-0.3, -0.25) is 0 Å². The van der Waals surface area contributed by atoms with E-state index >= 15 is 0 Å². The molecule has 2 heterocycles. The van der Waals surface area contributed by atoms with E-state index in [0.717, 1.165) is 0 Å². The van der Waals surface area contributed by atoms with E-state index < -0.39 is 5.97 Å². The fraction of sp³-hybridized carbons (Fsp3) is 0.357. The van der Waals surface area contributed by atoms with Gasteiger partial charge in [-0.2, -0.15) is 5.10 Å². The van der Waals surface area contributed by atoms with Crippen molar-refractivity contribution in [3.05, 3.63) is 30.1 Å². The predicted molar refractivity (Wildman–Crippen MR) is 78.4 cm³/mol. The molecule has 0 unspecified atom stereocenters. The summed E-state index contributed by atoms with van der Waals surface area (Å²) in [7, 11) is 0. The molecule has 0 saturated carbocycles. The largest absolute Gasteiger partial charge is 0.462 e. The maximum atomic E-state index is 11.8. The molecule has 0 radical (unpaired) electrons. The molecule has 7 heteroatoms. The molecule has 112 valence electrons. The second-order valence-corrected chi connectivity index (χ2v) is 4.78. The van der Waals surface area contributed by atoms with Crippen LogP contribution in [0.3, 0.4) is 0 Å².